The van der Waals surface area contributed by atoms with Crippen LogP contribution in [0.1, 0.15) is 45.6 Å². The first-order chi connectivity index (χ1) is 9.92. The van der Waals surface area contributed by atoms with Gasteiger partial charge in [0.05, 0.1) is 10.7 Å². The summed E-state index contributed by atoms with van der Waals surface area (Å²) in [6, 6.07) is 6.56. The van der Waals surface area contributed by atoms with Gasteiger partial charge in [-0.05, 0) is 63.1 Å². The highest BCUT2D eigenvalue weighted by atomic mass is 35.5. The zero-order valence-electron chi connectivity index (χ0n) is 13.5. The van der Waals surface area contributed by atoms with E-state index in [1.165, 1.54) is 43.6 Å². The lowest BCUT2D eigenvalue weighted by atomic mass is 10.0. The van der Waals surface area contributed by atoms with Crippen molar-refractivity contribution in [2.45, 2.75) is 52.1 Å². The van der Waals surface area contributed by atoms with Gasteiger partial charge in [0.2, 0.25) is 0 Å². The van der Waals surface area contributed by atoms with Crippen molar-refractivity contribution in [3.05, 3.63) is 28.8 Å². The van der Waals surface area contributed by atoms with Gasteiger partial charge in [-0.3, -0.25) is 0 Å². The average Bonchev–Trinajstić information content (AvgIpc) is 2.96. The number of nitrogens with zero attached hydrogens (tertiary/aromatic N) is 1. The van der Waals surface area contributed by atoms with E-state index < -0.39 is 0 Å². The van der Waals surface area contributed by atoms with Crippen LogP contribution in [0, 0.1) is 11.8 Å². The van der Waals surface area contributed by atoms with Gasteiger partial charge in [0.15, 0.2) is 0 Å². The van der Waals surface area contributed by atoms with Gasteiger partial charge in [-0.1, -0.05) is 24.1 Å². The third-order valence-corrected chi connectivity index (χ3v) is 5.20. The average molecular weight is 307 g/mol. The number of fused-ring (bicyclic) bond motifs is 1. The van der Waals surface area contributed by atoms with Crippen LogP contribution in [0.25, 0.3) is 0 Å². The Morgan fingerprint density at radius 1 is 1.19 bits per heavy atom. The summed E-state index contributed by atoms with van der Waals surface area (Å²) >= 11 is 6.55. The highest BCUT2D eigenvalue weighted by Crippen LogP contribution is 2.41. The van der Waals surface area contributed by atoms with Crippen LogP contribution in [0.2, 0.25) is 5.02 Å². The number of hydrogen-bond donors (Lipinski definition) is 1. The van der Waals surface area contributed by atoms with Crippen molar-refractivity contribution in [3.63, 3.8) is 0 Å². The number of benzene rings is 1. The minimum atomic E-state index is 0.136. The van der Waals surface area contributed by atoms with Crippen molar-refractivity contribution in [3.8, 4) is 0 Å². The van der Waals surface area contributed by atoms with Gasteiger partial charge in [0.1, 0.15) is 0 Å². The van der Waals surface area contributed by atoms with Crippen LogP contribution in [-0.4, -0.2) is 18.6 Å². The Bertz CT molecular complexity index is 494. The first-order valence-electron chi connectivity index (χ1n) is 8.21. The second kappa shape index (κ2) is 5.81. The van der Waals surface area contributed by atoms with Crippen molar-refractivity contribution >= 4 is 17.3 Å². The molecule has 1 aliphatic heterocycles. The lowest BCUT2D eigenvalue weighted by Gasteiger charge is -2.23. The van der Waals surface area contributed by atoms with Crippen molar-refractivity contribution in [1.29, 1.82) is 0 Å². The lowest BCUT2D eigenvalue weighted by Crippen LogP contribution is -2.35. The normalized spacial score (nSPS) is 25.4. The quantitative estimate of drug-likeness (QED) is 0.886. The second-order valence-electron chi connectivity index (χ2n) is 7.75. The molecule has 0 aromatic heterocycles. The van der Waals surface area contributed by atoms with Crippen molar-refractivity contribution < 1.29 is 0 Å². The minimum Gasteiger partial charge on any atom is -0.370 e. The summed E-state index contributed by atoms with van der Waals surface area (Å²) in [4.78, 5) is 2.50. The SMILES string of the molecule is CC(C)(C)NCc1ccc(N2CC3CCCC3C2)c(Cl)c1. The van der Waals surface area contributed by atoms with Crippen LogP contribution in [0.5, 0.6) is 0 Å². The zero-order chi connectivity index (χ0) is 15.0. The fraction of sp³-hybridized carbons (Fsp3) is 0.667. The van der Waals surface area contributed by atoms with Crippen LogP contribution in [0.3, 0.4) is 0 Å². The molecule has 1 aromatic carbocycles. The molecule has 1 N–H and O–H groups in total. The van der Waals surface area contributed by atoms with Crippen LogP contribution in [0.4, 0.5) is 5.69 Å². The molecule has 0 spiro atoms. The standard InChI is InChI=1S/C18H27ClN2/c1-18(2,3)20-10-13-7-8-17(16(19)9-13)21-11-14-5-4-6-15(14)12-21/h7-9,14-15,20H,4-6,10-12H2,1-3H3. The maximum absolute atomic E-state index is 6.55. The van der Waals surface area contributed by atoms with Crippen molar-refractivity contribution in [2.75, 3.05) is 18.0 Å². The summed E-state index contributed by atoms with van der Waals surface area (Å²) in [5.41, 5.74) is 2.63. The molecular weight excluding hydrogens is 280 g/mol. The van der Waals surface area contributed by atoms with Gasteiger partial charge in [-0.2, -0.15) is 0 Å². The molecule has 2 nitrogen and oxygen atoms in total. The molecule has 21 heavy (non-hydrogen) atoms. The Hall–Kier alpha value is -0.730. The molecule has 1 aliphatic carbocycles. The van der Waals surface area contributed by atoms with E-state index in [1.807, 2.05) is 0 Å². The largest absolute Gasteiger partial charge is 0.370 e. The maximum atomic E-state index is 6.55. The van der Waals surface area contributed by atoms with Crippen LogP contribution >= 0.6 is 11.6 Å². The summed E-state index contributed by atoms with van der Waals surface area (Å²) < 4.78 is 0. The Morgan fingerprint density at radius 2 is 1.86 bits per heavy atom. The molecule has 0 amide bonds. The molecular formula is C18H27ClN2. The van der Waals surface area contributed by atoms with E-state index in [-0.39, 0.29) is 5.54 Å². The van der Waals surface area contributed by atoms with Crippen LogP contribution in [-0.2, 0) is 6.54 Å². The van der Waals surface area contributed by atoms with Gasteiger partial charge in [0.25, 0.3) is 0 Å². The molecule has 2 fully saturated rings. The minimum absolute atomic E-state index is 0.136. The third-order valence-electron chi connectivity index (χ3n) is 4.90. The third kappa shape index (κ3) is 3.54. The molecule has 116 valence electrons. The summed E-state index contributed by atoms with van der Waals surface area (Å²) in [6.07, 6.45) is 4.24. The maximum Gasteiger partial charge on any atom is 0.0642 e. The number of nitrogens with one attached hydrogen (secondary N) is 1. The van der Waals surface area contributed by atoms with E-state index >= 15 is 0 Å². The molecule has 2 aliphatic rings. The Balaban J connectivity index is 1.67. The number of halogens is 1. The fourth-order valence-corrected chi connectivity index (χ4v) is 4.04. The number of hydrogen-bond acceptors (Lipinski definition) is 2. The van der Waals surface area contributed by atoms with Crippen LogP contribution < -0.4 is 10.2 Å². The molecule has 2 atom stereocenters. The molecule has 2 unspecified atom stereocenters. The molecule has 3 rings (SSSR count). The van der Waals surface area contributed by atoms with Gasteiger partial charge in [-0.15, -0.1) is 0 Å². The first-order valence-corrected chi connectivity index (χ1v) is 8.58. The van der Waals surface area contributed by atoms with Gasteiger partial charge < -0.3 is 10.2 Å². The monoisotopic (exact) mass is 306 g/mol. The summed E-state index contributed by atoms with van der Waals surface area (Å²) in [7, 11) is 0. The molecule has 1 saturated heterocycles. The molecule has 0 radical (unpaired) electrons. The van der Waals surface area contributed by atoms with E-state index in [0.717, 1.165) is 23.4 Å². The Kier molecular flexibility index (Phi) is 4.20. The topological polar surface area (TPSA) is 15.3 Å². The summed E-state index contributed by atoms with van der Waals surface area (Å²) in [5, 5.41) is 4.42. The van der Waals surface area contributed by atoms with E-state index in [4.69, 9.17) is 11.6 Å². The first kappa shape index (κ1) is 15.2. The van der Waals surface area contributed by atoms with Crippen molar-refractivity contribution in [2.24, 2.45) is 11.8 Å². The predicted octanol–water partition coefficient (Wildman–Crippen LogP) is 4.46. The van der Waals surface area contributed by atoms with E-state index in [2.05, 4.69) is 49.2 Å². The number of anilines is 1. The zero-order valence-corrected chi connectivity index (χ0v) is 14.2. The van der Waals surface area contributed by atoms with E-state index in [1.54, 1.807) is 0 Å². The van der Waals surface area contributed by atoms with Gasteiger partial charge in [0, 0.05) is 25.2 Å². The van der Waals surface area contributed by atoms with Crippen LogP contribution in [0.15, 0.2) is 18.2 Å². The Labute approximate surface area is 133 Å². The smallest absolute Gasteiger partial charge is 0.0642 e. The second-order valence-corrected chi connectivity index (χ2v) is 8.15. The predicted molar refractivity (Wildman–Crippen MR) is 91.1 cm³/mol. The van der Waals surface area contributed by atoms with E-state index in [0.29, 0.717) is 0 Å². The van der Waals surface area contributed by atoms with E-state index in [9.17, 15) is 0 Å². The van der Waals surface area contributed by atoms with Gasteiger partial charge in [-0.25, -0.2) is 0 Å². The highest BCUT2D eigenvalue weighted by molar-refractivity contribution is 6.33. The highest BCUT2D eigenvalue weighted by Gasteiger charge is 2.36. The molecule has 1 saturated carbocycles. The van der Waals surface area contributed by atoms with Crippen molar-refractivity contribution in [1.82, 2.24) is 5.32 Å². The summed E-state index contributed by atoms with van der Waals surface area (Å²) in [5.74, 6) is 1.81. The summed E-state index contributed by atoms with van der Waals surface area (Å²) in [6.45, 7) is 9.83. The fourth-order valence-electron chi connectivity index (χ4n) is 3.72. The lowest BCUT2D eigenvalue weighted by molar-refractivity contribution is 0.424. The molecule has 1 heterocycles. The number of rotatable bonds is 3. The Morgan fingerprint density at radius 3 is 2.43 bits per heavy atom. The van der Waals surface area contributed by atoms with Gasteiger partial charge >= 0.3 is 0 Å². The molecule has 3 heteroatoms. The molecule has 1 aromatic rings. The molecule has 0 bridgehead atoms.